The molecule has 1 atom stereocenters. The Labute approximate surface area is 141 Å². The van der Waals surface area contributed by atoms with Crippen molar-refractivity contribution in [3.8, 4) is 0 Å². The Kier molecular flexibility index (Phi) is 4.34. The van der Waals surface area contributed by atoms with Crippen LogP contribution in [0.15, 0.2) is 36.4 Å². The van der Waals surface area contributed by atoms with Crippen molar-refractivity contribution in [2.75, 3.05) is 10.2 Å². The van der Waals surface area contributed by atoms with Crippen molar-refractivity contribution in [1.29, 1.82) is 0 Å². The summed E-state index contributed by atoms with van der Waals surface area (Å²) in [5.74, 6) is -0.0102. The van der Waals surface area contributed by atoms with Crippen LogP contribution in [0, 0.1) is 13.8 Å². The number of aryl methyl sites for hydroxylation is 2. The molecule has 1 unspecified atom stereocenters. The van der Waals surface area contributed by atoms with E-state index in [2.05, 4.69) is 17.2 Å². The number of aromatic nitrogens is 1. The number of nitrogens with one attached hydrogen (secondary N) is 1. The molecule has 2 heterocycles. The molecule has 0 radical (unpaired) electrons. The van der Waals surface area contributed by atoms with Gasteiger partial charge in [-0.2, -0.15) is 0 Å². The fraction of sp³-hybridized carbons (Fsp3) is 0.316. The lowest BCUT2D eigenvalue weighted by atomic mass is 10.1. The van der Waals surface area contributed by atoms with Gasteiger partial charge in [0.1, 0.15) is 0 Å². The minimum atomic E-state index is -0.165. The van der Waals surface area contributed by atoms with E-state index in [0.717, 1.165) is 23.5 Å². The largest absolute Gasteiger partial charge is 0.322 e. The standard InChI is InChI=1S/C19H21N3O2/c1-12-10-15(11-13(2)20-12)19(24)21-16-5-7-17(8-6-16)22-14(3)4-9-18(22)23/h5-8,10-11,14H,4,9H2,1-3H3,(H,21,24). The van der Waals surface area contributed by atoms with Crippen molar-refractivity contribution in [2.24, 2.45) is 0 Å². The van der Waals surface area contributed by atoms with E-state index in [1.54, 1.807) is 12.1 Å². The van der Waals surface area contributed by atoms with Crippen LogP contribution in [0.2, 0.25) is 0 Å². The topological polar surface area (TPSA) is 62.3 Å². The van der Waals surface area contributed by atoms with Gasteiger partial charge in [0.25, 0.3) is 5.91 Å². The van der Waals surface area contributed by atoms with Crippen LogP contribution in [0.4, 0.5) is 11.4 Å². The Hall–Kier alpha value is -2.69. The molecular formula is C19H21N3O2. The monoisotopic (exact) mass is 323 g/mol. The zero-order valence-electron chi connectivity index (χ0n) is 14.2. The van der Waals surface area contributed by atoms with Gasteiger partial charge in [-0.1, -0.05) is 0 Å². The fourth-order valence-electron chi connectivity index (χ4n) is 3.10. The number of nitrogens with zero attached hydrogens (tertiary/aromatic N) is 2. The van der Waals surface area contributed by atoms with E-state index in [9.17, 15) is 9.59 Å². The predicted octanol–water partition coefficient (Wildman–Crippen LogP) is 3.47. The van der Waals surface area contributed by atoms with Gasteiger partial charge in [0.15, 0.2) is 0 Å². The van der Waals surface area contributed by atoms with Crippen LogP contribution < -0.4 is 10.2 Å². The number of rotatable bonds is 3. The molecule has 2 aromatic rings. The van der Waals surface area contributed by atoms with Gasteiger partial charge in [0.05, 0.1) is 0 Å². The van der Waals surface area contributed by atoms with Crippen LogP contribution in [-0.2, 0) is 4.79 Å². The number of pyridine rings is 1. The van der Waals surface area contributed by atoms with Crippen LogP contribution in [0.1, 0.15) is 41.5 Å². The van der Waals surface area contributed by atoms with E-state index in [-0.39, 0.29) is 17.9 Å². The highest BCUT2D eigenvalue weighted by molar-refractivity contribution is 6.04. The first-order valence-electron chi connectivity index (χ1n) is 8.13. The summed E-state index contributed by atoms with van der Waals surface area (Å²) in [5.41, 5.74) is 3.80. The fourth-order valence-corrected chi connectivity index (χ4v) is 3.10. The third-order valence-electron chi connectivity index (χ3n) is 4.23. The Morgan fingerprint density at radius 2 is 1.79 bits per heavy atom. The molecule has 0 bridgehead atoms. The van der Waals surface area contributed by atoms with E-state index in [1.165, 1.54) is 0 Å². The Morgan fingerprint density at radius 3 is 2.33 bits per heavy atom. The van der Waals surface area contributed by atoms with Crippen LogP contribution in [-0.4, -0.2) is 22.8 Å². The minimum Gasteiger partial charge on any atom is -0.322 e. The number of amides is 2. The molecule has 1 aromatic heterocycles. The molecule has 1 N–H and O–H groups in total. The summed E-state index contributed by atoms with van der Waals surface area (Å²) in [4.78, 5) is 30.4. The van der Waals surface area contributed by atoms with Crippen molar-refractivity contribution in [3.05, 3.63) is 53.3 Å². The van der Waals surface area contributed by atoms with E-state index in [4.69, 9.17) is 0 Å². The number of hydrogen-bond donors (Lipinski definition) is 1. The molecule has 0 spiro atoms. The van der Waals surface area contributed by atoms with Crippen molar-refractivity contribution < 1.29 is 9.59 Å². The normalized spacial score (nSPS) is 17.2. The molecule has 124 valence electrons. The van der Waals surface area contributed by atoms with Gasteiger partial charge in [-0.3, -0.25) is 14.6 Å². The molecular weight excluding hydrogens is 302 g/mol. The SMILES string of the molecule is Cc1cc(C(=O)Nc2ccc(N3C(=O)CCC3C)cc2)cc(C)n1. The molecule has 0 saturated carbocycles. The van der Waals surface area contributed by atoms with Crippen LogP contribution in [0.3, 0.4) is 0 Å². The lowest BCUT2D eigenvalue weighted by molar-refractivity contribution is -0.117. The second kappa shape index (κ2) is 6.43. The summed E-state index contributed by atoms with van der Waals surface area (Å²) >= 11 is 0. The first-order chi connectivity index (χ1) is 11.4. The summed E-state index contributed by atoms with van der Waals surface area (Å²) in [5, 5.41) is 2.88. The lowest BCUT2D eigenvalue weighted by Gasteiger charge is -2.22. The zero-order chi connectivity index (χ0) is 17.3. The zero-order valence-corrected chi connectivity index (χ0v) is 14.2. The maximum Gasteiger partial charge on any atom is 0.255 e. The third-order valence-corrected chi connectivity index (χ3v) is 4.23. The van der Waals surface area contributed by atoms with E-state index < -0.39 is 0 Å². The maximum absolute atomic E-state index is 12.4. The maximum atomic E-state index is 12.4. The smallest absolute Gasteiger partial charge is 0.255 e. The highest BCUT2D eigenvalue weighted by Crippen LogP contribution is 2.27. The molecule has 5 heteroatoms. The number of hydrogen-bond acceptors (Lipinski definition) is 3. The molecule has 1 aromatic carbocycles. The molecule has 2 amide bonds. The van der Waals surface area contributed by atoms with Crippen molar-refractivity contribution >= 4 is 23.2 Å². The van der Waals surface area contributed by atoms with E-state index >= 15 is 0 Å². The van der Waals surface area contributed by atoms with Crippen LogP contribution >= 0.6 is 0 Å². The lowest BCUT2D eigenvalue weighted by Crippen LogP contribution is -2.30. The summed E-state index contributed by atoms with van der Waals surface area (Å²) in [6, 6.07) is 11.2. The molecule has 1 fully saturated rings. The molecule has 1 aliphatic heterocycles. The summed E-state index contributed by atoms with van der Waals surface area (Å²) in [6.45, 7) is 5.79. The second-order valence-electron chi connectivity index (χ2n) is 6.29. The van der Waals surface area contributed by atoms with Crippen molar-refractivity contribution in [3.63, 3.8) is 0 Å². The second-order valence-corrected chi connectivity index (χ2v) is 6.29. The van der Waals surface area contributed by atoms with Gasteiger partial charge in [0, 0.05) is 40.8 Å². The molecule has 24 heavy (non-hydrogen) atoms. The van der Waals surface area contributed by atoms with E-state index in [0.29, 0.717) is 17.7 Å². The summed E-state index contributed by atoms with van der Waals surface area (Å²) in [7, 11) is 0. The minimum absolute atomic E-state index is 0.155. The van der Waals surface area contributed by atoms with Crippen LogP contribution in [0.5, 0.6) is 0 Å². The Balaban J connectivity index is 1.74. The van der Waals surface area contributed by atoms with Gasteiger partial charge in [0.2, 0.25) is 5.91 Å². The van der Waals surface area contributed by atoms with E-state index in [1.807, 2.05) is 43.0 Å². The third kappa shape index (κ3) is 3.30. The number of benzene rings is 1. The van der Waals surface area contributed by atoms with Gasteiger partial charge >= 0.3 is 0 Å². The molecule has 0 aliphatic carbocycles. The Morgan fingerprint density at radius 1 is 1.17 bits per heavy atom. The van der Waals surface area contributed by atoms with Crippen LogP contribution in [0.25, 0.3) is 0 Å². The number of anilines is 2. The quantitative estimate of drug-likeness (QED) is 0.941. The van der Waals surface area contributed by atoms with Gasteiger partial charge in [-0.15, -0.1) is 0 Å². The van der Waals surface area contributed by atoms with Crippen molar-refractivity contribution in [2.45, 2.75) is 39.7 Å². The first kappa shape index (κ1) is 16.2. The summed E-state index contributed by atoms with van der Waals surface area (Å²) in [6.07, 6.45) is 1.48. The van der Waals surface area contributed by atoms with Gasteiger partial charge in [-0.05, 0) is 63.6 Å². The average Bonchev–Trinajstić information content (AvgIpc) is 2.86. The van der Waals surface area contributed by atoms with Gasteiger partial charge < -0.3 is 10.2 Å². The molecule has 1 aliphatic rings. The Bertz CT molecular complexity index is 763. The molecule has 5 nitrogen and oxygen atoms in total. The number of carbonyl (C=O) groups excluding carboxylic acids is 2. The highest BCUT2D eigenvalue weighted by Gasteiger charge is 2.28. The summed E-state index contributed by atoms with van der Waals surface area (Å²) < 4.78 is 0. The van der Waals surface area contributed by atoms with Crippen molar-refractivity contribution in [1.82, 2.24) is 4.98 Å². The average molecular weight is 323 g/mol. The molecule has 3 rings (SSSR count). The predicted molar refractivity (Wildman–Crippen MR) is 94.3 cm³/mol. The number of carbonyl (C=O) groups is 2. The molecule has 1 saturated heterocycles. The van der Waals surface area contributed by atoms with Gasteiger partial charge in [-0.25, -0.2) is 0 Å². The highest BCUT2D eigenvalue weighted by atomic mass is 16.2. The first-order valence-corrected chi connectivity index (χ1v) is 8.13.